The van der Waals surface area contributed by atoms with E-state index in [1.807, 2.05) is 30.3 Å². The highest BCUT2D eigenvalue weighted by atomic mass is 32.2. The molecule has 0 atom stereocenters. The van der Waals surface area contributed by atoms with Gasteiger partial charge in [0, 0.05) is 17.9 Å². The molecule has 3 nitrogen and oxygen atoms in total. The molecule has 2 aromatic carbocycles. The van der Waals surface area contributed by atoms with Gasteiger partial charge < -0.3 is 0 Å². The lowest BCUT2D eigenvalue weighted by Crippen LogP contribution is -2.24. The quantitative estimate of drug-likeness (QED) is 0.430. The summed E-state index contributed by atoms with van der Waals surface area (Å²) in [6, 6.07) is 14.5. The van der Waals surface area contributed by atoms with Gasteiger partial charge in [0.25, 0.3) is 5.56 Å². The van der Waals surface area contributed by atoms with Gasteiger partial charge in [0.05, 0.1) is 21.8 Å². The zero-order valence-corrected chi connectivity index (χ0v) is 16.2. The highest BCUT2D eigenvalue weighted by Gasteiger charge is 2.31. The fourth-order valence-electron chi connectivity index (χ4n) is 2.96. The molecule has 1 aliphatic rings. The number of halogens is 3. The Bertz CT molecular complexity index is 1070. The molecule has 0 saturated carbocycles. The summed E-state index contributed by atoms with van der Waals surface area (Å²) in [7, 11) is 0. The first-order valence-corrected chi connectivity index (χ1v) is 10.5. The second-order valence-electron chi connectivity index (χ2n) is 6.23. The van der Waals surface area contributed by atoms with Gasteiger partial charge in [0.15, 0.2) is 5.16 Å². The number of aryl methyl sites for hydroxylation is 1. The summed E-state index contributed by atoms with van der Waals surface area (Å²) in [5, 5.41) is 0.412. The number of fused-ring (bicyclic) bond motifs is 1. The number of benzene rings is 2. The Morgan fingerprint density at radius 2 is 1.89 bits per heavy atom. The van der Waals surface area contributed by atoms with Crippen LogP contribution in [0.25, 0.3) is 5.69 Å². The number of thioether (sulfide) groups is 2. The minimum atomic E-state index is -4.48. The molecule has 1 aromatic heterocycles. The molecule has 0 fully saturated rings. The predicted octanol–water partition coefficient (Wildman–Crippen LogP) is 5.19. The highest BCUT2D eigenvalue weighted by Crippen LogP contribution is 2.33. The van der Waals surface area contributed by atoms with Gasteiger partial charge in [-0.25, -0.2) is 4.98 Å². The molecule has 3 aromatic rings. The second-order valence-corrected chi connectivity index (χ2v) is 8.28. The van der Waals surface area contributed by atoms with Crippen LogP contribution in [0.5, 0.6) is 0 Å². The van der Waals surface area contributed by atoms with Crippen molar-refractivity contribution < 1.29 is 13.2 Å². The van der Waals surface area contributed by atoms with Gasteiger partial charge in [0.2, 0.25) is 0 Å². The number of alkyl halides is 3. The minimum Gasteiger partial charge on any atom is -0.268 e. The zero-order chi connectivity index (χ0) is 19.7. The maximum atomic E-state index is 13.2. The largest absolute Gasteiger partial charge is 0.416 e. The molecule has 0 bridgehead atoms. The van der Waals surface area contributed by atoms with Gasteiger partial charge in [-0.05, 0) is 23.8 Å². The molecule has 2 heterocycles. The van der Waals surface area contributed by atoms with Crippen LogP contribution in [0.2, 0.25) is 0 Å². The number of aromatic nitrogens is 2. The number of hydrogen-bond acceptors (Lipinski definition) is 4. The summed E-state index contributed by atoms with van der Waals surface area (Å²) < 4.78 is 40.8. The van der Waals surface area contributed by atoms with Crippen LogP contribution >= 0.6 is 23.5 Å². The molecular formula is C20H15F3N2OS2. The van der Waals surface area contributed by atoms with Crippen LogP contribution in [0, 0.1) is 0 Å². The van der Waals surface area contributed by atoms with Crippen molar-refractivity contribution in [3.63, 3.8) is 0 Å². The van der Waals surface area contributed by atoms with Crippen LogP contribution in [0.4, 0.5) is 13.2 Å². The first kappa shape index (κ1) is 19.1. The summed E-state index contributed by atoms with van der Waals surface area (Å²) in [6.45, 7) is 0. The molecule has 0 N–H and O–H groups in total. The monoisotopic (exact) mass is 420 g/mol. The average Bonchev–Trinajstić information content (AvgIpc) is 3.16. The van der Waals surface area contributed by atoms with Gasteiger partial charge in [-0.1, -0.05) is 48.2 Å². The van der Waals surface area contributed by atoms with Crippen molar-refractivity contribution in [1.29, 1.82) is 0 Å². The lowest BCUT2D eigenvalue weighted by Gasteiger charge is -2.15. The Kier molecular flexibility index (Phi) is 5.25. The third-order valence-corrected chi connectivity index (χ3v) is 6.43. The van der Waals surface area contributed by atoms with E-state index in [-0.39, 0.29) is 11.2 Å². The molecule has 0 radical (unpaired) electrons. The van der Waals surface area contributed by atoms with E-state index < -0.39 is 11.7 Å². The lowest BCUT2D eigenvalue weighted by molar-refractivity contribution is -0.137. The van der Waals surface area contributed by atoms with Crippen molar-refractivity contribution in [2.24, 2.45) is 0 Å². The first-order chi connectivity index (χ1) is 13.4. The van der Waals surface area contributed by atoms with Crippen LogP contribution in [-0.2, 0) is 18.3 Å². The van der Waals surface area contributed by atoms with E-state index in [0.717, 1.165) is 29.1 Å². The van der Waals surface area contributed by atoms with E-state index >= 15 is 0 Å². The summed E-state index contributed by atoms with van der Waals surface area (Å²) >= 11 is 2.76. The molecule has 28 heavy (non-hydrogen) atoms. The first-order valence-electron chi connectivity index (χ1n) is 8.56. The number of nitrogens with zero attached hydrogens (tertiary/aromatic N) is 2. The van der Waals surface area contributed by atoms with E-state index in [2.05, 4.69) is 4.98 Å². The van der Waals surface area contributed by atoms with Crippen LogP contribution in [0.15, 0.2) is 69.4 Å². The van der Waals surface area contributed by atoms with Gasteiger partial charge >= 0.3 is 6.18 Å². The van der Waals surface area contributed by atoms with Crippen molar-refractivity contribution in [3.05, 3.63) is 81.8 Å². The Labute approximate surface area is 168 Å². The Morgan fingerprint density at radius 1 is 1.11 bits per heavy atom. The number of hydrogen-bond donors (Lipinski definition) is 0. The molecule has 144 valence electrons. The fraction of sp³-hybridized carbons (Fsp3) is 0.200. The molecule has 0 aliphatic carbocycles. The molecule has 1 aliphatic heterocycles. The Morgan fingerprint density at radius 3 is 2.64 bits per heavy atom. The number of rotatable bonds is 4. The molecule has 0 saturated heterocycles. The smallest absolute Gasteiger partial charge is 0.268 e. The maximum Gasteiger partial charge on any atom is 0.416 e. The third-order valence-electron chi connectivity index (χ3n) is 4.31. The van der Waals surface area contributed by atoms with Crippen molar-refractivity contribution in [2.75, 3.05) is 5.75 Å². The van der Waals surface area contributed by atoms with E-state index in [0.29, 0.717) is 22.2 Å². The van der Waals surface area contributed by atoms with E-state index in [1.165, 1.54) is 40.2 Å². The minimum absolute atomic E-state index is 0.179. The van der Waals surface area contributed by atoms with E-state index in [9.17, 15) is 18.0 Å². The van der Waals surface area contributed by atoms with E-state index in [4.69, 9.17) is 0 Å². The Hall–Kier alpha value is -2.19. The summed E-state index contributed by atoms with van der Waals surface area (Å²) in [4.78, 5) is 18.2. The van der Waals surface area contributed by atoms with E-state index in [1.54, 1.807) is 0 Å². The Balaban J connectivity index is 1.80. The predicted molar refractivity (Wildman–Crippen MR) is 105 cm³/mol. The summed E-state index contributed by atoms with van der Waals surface area (Å²) in [6.07, 6.45) is -3.78. The lowest BCUT2D eigenvalue weighted by atomic mass is 10.2. The second kappa shape index (κ2) is 7.67. The van der Waals surface area contributed by atoms with Crippen LogP contribution in [0.1, 0.15) is 16.8 Å². The molecule has 4 rings (SSSR count). The molecule has 0 spiro atoms. The van der Waals surface area contributed by atoms with Gasteiger partial charge in [-0.3, -0.25) is 9.36 Å². The van der Waals surface area contributed by atoms with Gasteiger partial charge in [-0.15, -0.1) is 11.8 Å². The third kappa shape index (κ3) is 3.84. The van der Waals surface area contributed by atoms with Crippen LogP contribution in [-0.4, -0.2) is 15.3 Å². The highest BCUT2D eigenvalue weighted by molar-refractivity contribution is 7.99. The van der Waals surface area contributed by atoms with Gasteiger partial charge in [0.1, 0.15) is 0 Å². The molecule has 8 heteroatoms. The standard InChI is InChI=1S/C20H15F3N2OS2/c21-20(22,23)14-7-4-8-15(11-14)25-18(26)17-16(9-10-27-17)24-19(25)28-12-13-5-2-1-3-6-13/h1-8,11H,9-10,12H2. The van der Waals surface area contributed by atoms with Crippen LogP contribution in [0.3, 0.4) is 0 Å². The summed E-state index contributed by atoms with van der Waals surface area (Å²) in [5.41, 5.74) is 0.866. The van der Waals surface area contributed by atoms with Crippen molar-refractivity contribution >= 4 is 23.5 Å². The summed E-state index contributed by atoms with van der Waals surface area (Å²) in [5.74, 6) is 1.32. The van der Waals surface area contributed by atoms with Crippen molar-refractivity contribution in [1.82, 2.24) is 9.55 Å². The fourth-order valence-corrected chi connectivity index (χ4v) is 4.97. The van der Waals surface area contributed by atoms with Crippen molar-refractivity contribution in [2.45, 2.75) is 28.4 Å². The molecular weight excluding hydrogens is 405 g/mol. The average molecular weight is 420 g/mol. The normalized spacial score (nSPS) is 13.5. The SMILES string of the molecule is O=c1c2c(nc(SCc3ccccc3)n1-c1cccc(C(F)(F)F)c1)CCS2. The molecule has 0 unspecified atom stereocenters. The topological polar surface area (TPSA) is 34.9 Å². The van der Waals surface area contributed by atoms with Crippen molar-refractivity contribution in [3.8, 4) is 5.69 Å². The van der Waals surface area contributed by atoms with Gasteiger partial charge in [-0.2, -0.15) is 13.2 Å². The van der Waals surface area contributed by atoms with Crippen LogP contribution < -0.4 is 5.56 Å². The maximum absolute atomic E-state index is 13.2. The molecule has 0 amide bonds. The zero-order valence-electron chi connectivity index (χ0n) is 14.6.